The van der Waals surface area contributed by atoms with E-state index >= 15 is 0 Å². The van der Waals surface area contributed by atoms with Gasteiger partial charge < -0.3 is 9.84 Å². The van der Waals surface area contributed by atoms with Crippen molar-refractivity contribution in [3.63, 3.8) is 0 Å². The van der Waals surface area contributed by atoms with E-state index < -0.39 is 30.4 Å². The molecule has 8 nitrogen and oxygen atoms in total. The first-order chi connectivity index (χ1) is 14.2. The highest BCUT2D eigenvalue weighted by Crippen LogP contribution is 2.30. The summed E-state index contributed by atoms with van der Waals surface area (Å²) >= 11 is 9.79. The summed E-state index contributed by atoms with van der Waals surface area (Å²) in [7, 11) is 0. The van der Waals surface area contributed by atoms with E-state index in [1.165, 1.54) is 30.3 Å². The number of ether oxygens (including phenoxy) is 1. The smallest absolute Gasteiger partial charge is 0.341 e. The summed E-state index contributed by atoms with van der Waals surface area (Å²) in [4.78, 5) is 49.0. The van der Waals surface area contributed by atoms with Crippen molar-refractivity contribution in [2.45, 2.75) is 0 Å². The number of benzene rings is 2. The van der Waals surface area contributed by atoms with E-state index in [-0.39, 0.29) is 11.3 Å². The Morgan fingerprint density at radius 3 is 2.30 bits per heavy atom. The van der Waals surface area contributed by atoms with Crippen LogP contribution in [0.25, 0.3) is 6.08 Å². The van der Waals surface area contributed by atoms with Gasteiger partial charge in [0.15, 0.2) is 6.61 Å². The van der Waals surface area contributed by atoms with Crippen molar-refractivity contribution < 1.29 is 29.0 Å². The molecule has 2 aromatic carbocycles. The minimum Gasteiger partial charge on any atom is -0.480 e. The molecule has 2 aromatic rings. The maximum atomic E-state index is 12.9. The lowest BCUT2D eigenvalue weighted by Gasteiger charge is -2.26. The fraction of sp³-hybridized carbons (Fsp3) is 0.0526. The van der Waals surface area contributed by atoms with Crippen LogP contribution in [0.5, 0.6) is 5.75 Å². The Morgan fingerprint density at radius 1 is 1.13 bits per heavy atom. The second-order valence-electron chi connectivity index (χ2n) is 5.93. The van der Waals surface area contributed by atoms with Gasteiger partial charge in [-0.05, 0) is 93.2 Å². The van der Waals surface area contributed by atoms with E-state index in [1.807, 2.05) is 45.2 Å². The molecule has 1 saturated heterocycles. The highest BCUT2D eigenvalue weighted by Gasteiger charge is 2.36. The number of nitrogens with zero attached hydrogens (tertiary/aromatic N) is 1. The van der Waals surface area contributed by atoms with Gasteiger partial charge in [-0.3, -0.25) is 14.9 Å². The molecule has 1 aliphatic heterocycles. The number of anilines is 1. The molecular weight excluding hydrogens is 641 g/mol. The topological polar surface area (TPSA) is 113 Å². The average molecular weight is 653 g/mol. The van der Waals surface area contributed by atoms with Crippen molar-refractivity contribution in [3.05, 3.63) is 59.7 Å². The molecule has 0 unspecified atom stereocenters. The summed E-state index contributed by atoms with van der Waals surface area (Å²) in [6.07, 6.45) is 1.36. The predicted octanol–water partition coefficient (Wildman–Crippen LogP) is 3.68. The fourth-order valence-corrected chi connectivity index (χ4v) is 4.84. The van der Waals surface area contributed by atoms with Gasteiger partial charge in [0.1, 0.15) is 11.3 Å². The molecule has 11 heteroatoms. The number of rotatable bonds is 5. The van der Waals surface area contributed by atoms with Gasteiger partial charge in [-0.2, -0.15) is 0 Å². The molecule has 3 rings (SSSR count). The van der Waals surface area contributed by atoms with Crippen LogP contribution in [-0.2, 0) is 14.4 Å². The lowest BCUT2D eigenvalue weighted by atomic mass is 10.1. The first-order valence-electron chi connectivity index (χ1n) is 8.18. The number of halogens is 3. The Bertz CT molecular complexity index is 1080. The SMILES string of the molecule is O=C(O)COc1c(I)cc(/C=C2\C(=O)NC(=O)N(c3ccc(Cl)cc3)C2=O)cc1I. The van der Waals surface area contributed by atoms with Gasteiger partial charge in [0.25, 0.3) is 11.8 Å². The first kappa shape index (κ1) is 22.5. The van der Waals surface area contributed by atoms with Crippen molar-refractivity contribution in [1.82, 2.24) is 5.32 Å². The number of carboxylic acid groups (broad SMARTS) is 1. The second-order valence-corrected chi connectivity index (χ2v) is 8.69. The number of carboxylic acids is 1. The number of imide groups is 2. The van der Waals surface area contributed by atoms with Crippen LogP contribution in [0.3, 0.4) is 0 Å². The zero-order chi connectivity index (χ0) is 22.0. The summed E-state index contributed by atoms with van der Waals surface area (Å²) in [6, 6.07) is 8.45. The van der Waals surface area contributed by atoms with Crippen molar-refractivity contribution in [2.75, 3.05) is 11.5 Å². The molecule has 1 heterocycles. The third-order valence-corrected chi connectivity index (χ3v) is 5.71. The number of amides is 4. The number of urea groups is 1. The Balaban J connectivity index is 1.96. The van der Waals surface area contributed by atoms with Crippen LogP contribution >= 0.6 is 56.8 Å². The molecular formula is C19H11ClI2N2O6. The van der Waals surface area contributed by atoms with Crippen LogP contribution in [0.1, 0.15) is 5.56 Å². The molecule has 1 aliphatic rings. The molecule has 2 N–H and O–H groups in total. The molecule has 0 saturated carbocycles. The minimum absolute atomic E-state index is 0.227. The maximum absolute atomic E-state index is 12.9. The monoisotopic (exact) mass is 652 g/mol. The molecule has 154 valence electrons. The summed E-state index contributed by atoms with van der Waals surface area (Å²) in [5, 5.41) is 11.4. The number of carbonyl (C=O) groups is 4. The van der Waals surface area contributed by atoms with E-state index in [1.54, 1.807) is 12.1 Å². The van der Waals surface area contributed by atoms with Crippen molar-refractivity contribution in [1.29, 1.82) is 0 Å². The van der Waals surface area contributed by atoms with Crippen LogP contribution in [0.2, 0.25) is 5.02 Å². The second kappa shape index (κ2) is 9.31. The predicted molar refractivity (Wildman–Crippen MR) is 125 cm³/mol. The largest absolute Gasteiger partial charge is 0.480 e. The molecule has 0 atom stereocenters. The molecule has 0 aliphatic carbocycles. The van der Waals surface area contributed by atoms with E-state index in [0.29, 0.717) is 23.5 Å². The van der Waals surface area contributed by atoms with Gasteiger partial charge in [0.2, 0.25) is 0 Å². The van der Waals surface area contributed by atoms with Crippen LogP contribution in [0, 0.1) is 7.14 Å². The third kappa shape index (κ3) is 4.92. The fourth-order valence-electron chi connectivity index (χ4n) is 2.58. The van der Waals surface area contributed by atoms with Gasteiger partial charge in [-0.25, -0.2) is 14.5 Å². The summed E-state index contributed by atoms with van der Waals surface area (Å²) < 4.78 is 6.47. The van der Waals surface area contributed by atoms with Gasteiger partial charge in [0.05, 0.1) is 12.8 Å². The van der Waals surface area contributed by atoms with Crippen molar-refractivity contribution in [2.24, 2.45) is 0 Å². The van der Waals surface area contributed by atoms with Crippen LogP contribution < -0.4 is 15.0 Å². The van der Waals surface area contributed by atoms with Gasteiger partial charge in [-0.15, -0.1) is 0 Å². The molecule has 0 radical (unpaired) electrons. The van der Waals surface area contributed by atoms with E-state index in [4.69, 9.17) is 21.4 Å². The summed E-state index contributed by atoms with van der Waals surface area (Å²) in [5.41, 5.74) is 0.549. The van der Waals surface area contributed by atoms with Crippen LogP contribution in [-0.4, -0.2) is 35.5 Å². The quantitative estimate of drug-likeness (QED) is 0.290. The number of aliphatic carboxylic acids is 1. The van der Waals surface area contributed by atoms with E-state index in [2.05, 4.69) is 5.32 Å². The third-order valence-electron chi connectivity index (χ3n) is 3.86. The normalized spacial score (nSPS) is 15.4. The minimum atomic E-state index is -1.11. The standard InChI is InChI=1S/C19H11ClI2N2O6/c20-10-1-3-11(4-2-10)24-18(28)12(17(27)23-19(24)29)5-9-6-13(21)16(14(22)7-9)30-8-15(25)26/h1-7H,8H2,(H,25,26)(H,23,27,29)/b12-5+. The van der Waals surface area contributed by atoms with Gasteiger partial charge in [-0.1, -0.05) is 11.6 Å². The van der Waals surface area contributed by atoms with Gasteiger partial charge in [0, 0.05) is 5.02 Å². The Kier molecular flexibility index (Phi) is 6.98. The molecule has 1 fully saturated rings. The Hall–Kier alpha value is -2.19. The molecule has 0 spiro atoms. The zero-order valence-corrected chi connectivity index (χ0v) is 19.9. The number of barbiturate groups is 1. The number of hydrogen-bond donors (Lipinski definition) is 2. The lowest BCUT2D eigenvalue weighted by molar-refractivity contribution is -0.139. The van der Waals surface area contributed by atoms with Crippen molar-refractivity contribution in [3.8, 4) is 5.75 Å². The molecule has 0 aromatic heterocycles. The number of hydrogen-bond acceptors (Lipinski definition) is 5. The highest BCUT2D eigenvalue weighted by molar-refractivity contribution is 14.1. The summed E-state index contributed by atoms with van der Waals surface area (Å²) in [6.45, 7) is -0.495. The zero-order valence-electron chi connectivity index (χ0n) is 14.8. The number of nitrogens with one attached hydrogen (secondary N) is 1. The van der Waals surface area contributed by atoms with E-state index in [0.717, 1.165) is 4.90 Å². The first-order valence-corrected chi connectivity index (χ1v) is 10.7. The number of carbonyl (C=O) groups excluding carboxylic acids is 3. The van der Waals surface area contributed by atoms with Crippen LogP contribution in [0.4, 0.5) is 10.5 Å². The molecule has 0 bridgehead atoms. The molecule has 30 heavy (non-hydrogen) atoms. The average Bonchev–Trinajstić information content (AvgIpc) is 2.65. The van der Waals surface area contributed by atoms with Crippen LogP contribution in [0.15, 0.2) is 42.0 Å². The summed E-state index contributed by atoms with van der Waals surface area (Å²) in [5.74, 6) is -2.31. The van der Waals surface area contributed by atoms with E-state index in [9.17, 15) is 19.2 Å². The lowest BCUT2D eigenvalue weighted by Crippen LogP contribution is -2.54. The Labute approximate surface area is 202 Å². The highest BCUT2D eigenvalue weighted by atomic mass is 127. The maximum Gasteiger partial charge on any atom is 0.341 e. The molecule has 4 amide bonds. The Morgan fingerprint density at radius 2 is 1.73 bits per heavy atom. The van der Waals surface area contributed by atoms with Gasteiger partial charge >= 0.3 is 12.0 Å². The van der Waals surface area contributed by atoms with Crippen molar-refractivity contribution >= 4 is 92.4 Å².